The van der Waals surface area contributed by atoms with Crippen molar-refractivity contribution in [3.05, 3.63) is 58.9 Å². The fourth-order valence-corrected chi connectivity index (χ4v) is 3.59. The summed E-state index contributed by atoms with van der Waals surface area (Å²) in [5.41, 5.74) is 4.73. The molecule has 0 saturated heterocycles. The highest BCUT2D eigenvalue weighted by molar-refractivity contribution is 6.00. The van der Waals surface area contributed by atoms with E-state index in [0.29, 0.717) is 25.1 Å². The summed E-state index contributed by atoms with van der Waals surface area (Å²) < 4.78 is 62.5. The lowest BCUT2D eigenvalue weighted by atomic mass is 10.1. The second-order valence-corrected chi connectivity index (χ2v) is 8.89. The number of ether oxygens (including phenoxy) is 2. The Balaban J connectivity index is 1.85. The smallest absolute Gasteiger partial charge is 0.416 e. The first-order valence-corrected chi connectivity index (χ1v) is 13.0. The zero-order chi connectivity index (χ0) is 29.4. The minimum Gasteiger partial charge on any atom is -0.465 e. The molecule has 0 spiro atoms. The number of carbonyl (C=O) groups is 2. The van der Waals surface area contributed by atoms with Crippen molar-refractivity contribution in [1.82, 2.24) is 10.6 Å². The van der Waals surface area contributed by atoms with E-state index in [2.05, 4.69) is 26.0 Å². The van der Waals surface area contributed by atoms with Crippen LogP contribution in [0.1, 0.15) is 47.2 Å². The van der Waals surface area contributed by atoms with Crippen molar-refractivity contribution in [3.63, 3.8) is 0 Å². The number of rotatable bonds is 17. The van der Waals surface area contributed by atoms with Crippen LogP contribution in [0.4, 0.5) is 33.7 Å². The van der Waals surface area contributed by atoms with Crippen LogP contribution in [0.5, 0.6) is 0 Å². The minimum absolute atomic E-state index is 0.0497. The van der Waals surface area contributed by atoms with Gasteiger partial charge in [0.05, 0.1) is 29.6 Å². The van der Waals surface area contributed by atoms with Crippen LogP contribution in [0, 0.1) is 5.82 Å². The molecule has 2 rings (SSSR count). The van der Waals surface area contributed by atoms with Crippen LogP contribution in [0.15, 0.2) is 36.4 Å². The number of hydrogen-bond acceptors (Lipinski definition) is 8. The SMILES string of the molecule is COC(=O)c1cc(F)c(NCCCNCCCCNCCCN)cc1NC(=O)OCc1ccc(C(F)(F)F)cc1. The topological polar surface area (TPSA) is 127 Å². The number of halogens is 4. The van der Waals surface area contributed by atoms with Crippen LogP contribution in [-0.4, -0.2) is 58.4 Å². The Morgan fingerprint density at radius 3 is 2.10 bits per heavy atom. The van der Waals surface area contributed by atoms with E-state index in [1.807, 2.05) is 0 Å². The molecule has 222 valence electrons. The standard InChI is InChI=1S/C27H37F4N5O4/c1-39-25(37)21-16-22(28)24(35-15-5-14-34-12-3-2-11-33-13-4-10-32)17-23(21)36-26(38)40-18-19-6-8-20(9-7-19)27(29,30)31/h6-9,16-17,33-35H,2-5,10-15,18,32H2,1H3,(H,36,38). The largest absolute Gasteiger partial charge is 0.465 e. The first-order valence-electron chi connectivity index (χ1n) is 13.0. The fraction of sp³-hybridized carbons (Fsp3) is 0.481. The van der Waals surface area contributed by atoms with Gasteiger partial charge in [0.2, 0.25) is 0 Å². The Hall–Kier alpha value is -3.42. The molecule has 0 saturated carbocycles. The number of nitrogens with one attached hydrogen (secondary N) is 4. The lowest BCUT2D eigenvalue weighted by Gasteiger charge is -2.15. The normalized spacial score (nSPS) is 11.2. The second-order valence-electron chi connectivity index (χ2n) is 8.89. The van der Waals surface area contributed by atoms with Crippen molar-refractivity contribution < 1.29 is 36.6 Å². The van der Waals surface area contributed by atoms with E-state index in [4.69, 9.17) is 10.5 Å². The van der Waals surface area contributed by atoms with E-state index >= 15 is 0 Å². The van der Waals surface area contributed by atoms with Gasteiger partial charge in [0.1, 0.15) is 12.4 Å². The number of esters is 1. The summed E-state index contributed by atoms with van der Waals surface area (Å²) in [6.07, 6.45) is -1.72. The Labute approximate surface area is 231 Å². The van der Waals surface area contributed by atoms with E-state index in [-0.39, 0.29) is 23.5 Å². The van der Waals surface area contributed by atoms with Gasteiger partial charge in [0, 0.05) is 6.54 Å². The molecule has 13 heteroatoms. The Morgan fingerprint density at radius 2 is 1.50 bits per heavy atom. The van der Waals surface area contributed by atoms with Crippen LogP contribution in [0.3, 0.4) is 0 Å². The van der Waals surface area contributed by atoms with Crippen molar-refractivity contribution in [1.29, 1.82) is 0 Å². The van der Waals surface area contributed by atoms with Crippen LogP contribution in [0.25, 0.3) is 0 Å². The highest BCUT2D eigenvalue weighted by Gasteiger charge is 2.30. The number of amides is 1. The van der Waals surface area contributed by atoms with Crippen molar-refractivity contribution in [2.24, 2.45) is 5.73 Å². The van der Waals surface area contributed by atoms with Crippen LogP contribution in [-0.2, 0) is 22.3 Å². The number of anilines is 2. The molecule has 0 aliphatic rings. The lowest BCUT2D eigenvalue weighted by molar-refractivity contribution is -0.137. The van der Waals surface area contributed by atoms with Gasteiger partial charge in [0.25, 0.3) is 0 Å². The molecule has 9 nitrogen and oxygen atoms in total. The summed E-state index contributed by atoms with van der Waals surface area (Å²) in [6, 6.07) is 6.33. The number of hydrogen-bond donors (Lipinski definition) is 5. The van der Waals surface area contributed by atoms with Crippen LogP contribution >= 0.6 is 0 Å². The second kappa shape index (κ2) is 17.3. The Bertz CT molecular complexity index is 1070. The average Bonchev–Trinajstić information content (AvgIpc) is 2.93. The van der Waals surface area contributed by atoms with Gasteiger partial charge in [-0.1, -0.05) is 12.1 Å². The molecule has 6 N–H and O–H groups in total. The molecule has 40 heavy (non-hydrogen) atoms. The minimum atomic E-state index is -4.48. The summed E-state index contributed by atoms with van der Waals surface area (Å²) in [7, 11) is 1.12. The summed E-state index contributed by atoms with van der Waals surface area (Å²) in [5.74, 6) is -1.58. The van der Waals surface area contributed by atoms with Crippen molar-refractivity contribution >= 4 is 23.4 Å². The Kier molecular flexibility index (Phi) is 14.2. The molecule has 2 aromatic rings. The van der Waals surface area contributed by atoms with Gasteiger partial charge >= 0.3 is 18.2 Å². The number of unbranched alkanes of at least 4 members (excludes halogenated alkanes) is 1. The van der Waals surface area contributed by atoms with Crippen LogP contribution in [0.2, 0.25) is 0 Å². The summed E-state index contributed by atoms with van der Waals surface area (Å²) in [4.78, 5) is 24.5. The molecule has 2 aromatic carbocycles. The molecular weight excluding hydrogens is 534 g/mol. The van der Waals surface area contributed by atoms with E-state index in [9.17, 15) is 27.2 Å². The molecule has 0 unspecified atom stereocenters. The van der Waals surface area contributed by atoms with Crippen LogP contribution < -0.4 is 27.0 Å². The first kappa shape index (κ1) is 32.8. The predicted octanol–water partition coefficient (Wildman–Crippen LogP) is 4.49. The van der Waals surface area contributed by atoms with Crippen molar-refractivity contribution in [2.45, 2.75) is 38.5 Å². The van der Waals surface area contributed by atoms with E-state index in [0.717, 1.165) is 70.8 Å². The third kappa shape index (κ3) is 11.8. The summed E-state index contributed by atoms with van der Waals surface area (Å²) >= 11 is 0. The maximum Gasteiger partial charge on any atom is 0.416 e. The monoisotopic (exact) mass is 571 g/mol. The quantitative estimate of drug-likeness (QED) is 0.107. The van der Waals surface area contributed by atoms with Gasteiger partial charge in [-0.05, 0) is 88.2 Å². The van der Waals surface area contributed by atoms with Crippen molar-refractivity contribution in [2.75, 3.05) is 57.0 Å². The molecule has 0 bridgehead atoms. The highest BCUT2D eigenvalue weighted by Crippen LogP contribution is 2.29. The third-order valence-corrected chi connectivity index (χ3v) is 5.76. The molecule has 0 atom stereocenters. The fourth-order valence-electron chi connectivity index (χ4n) is 3.59. The van der Waals surface area contributed by atoms with E-state index in [1.165, 1.54) is 18.2 Å². The van der Waals surface area contributed by atoms with E-state index in [1.54, 1.807) is 0 Å². The predicted molar refractivity (Wildman–Crippen MR) is 145 cm³/mol. The molecule has 0 radical (unpaired) electrons. The molecular formula is C27H37F4N5O4. The first-order chi connectivity index (χ1) is 19.2. The third-order valence-electron chi connectivity index (χ3n) is 5.76. The zero-order valence-electron chi connectivity index (χ0n) is 22.5. The molecule has 0 aromatic heterocycles. The lowest BCUT2D eigenvalue weighted by Crippen LogP contribution is -2.22. The van der Waals surface area contributed by atoms with Gasteiger partial charge in [-0.3, -0.25) is 5.32 Å². The molecule has 0 aliphatic heterocycles. The van der Waals surface area contributed by atoms with Gasteiger partial charge in [-0.15, -0.1) is 0 Å². The maximum absolute atomic E-state index is 14.7. The number of methoxy groups -OCH3 is 1. The van der Waals surface area contributed by atoms with Gasteiger partial charge in [-0.25, -0.2) is 14.0 Å². The summed E-state index contributed by atoms with van der Waals surface area (Å²) in [6.45, 7) is 4.25. The van der Waals surface area contributed by atoms with Gasteiger partial charge in [-0.2, -0.15) is 13.2 Å². The number of benzene rings is 2. The molecule has 0 fully saturated rings. The van der Waals surface area contributed by atoms with Gasteiger partial charge in [0.15, 0.2) is 0 Å². The van der Waals surface area contributed by atoms with E-state index < -0.39 is 29.6 Å². The highest BCUT2D eigenvalue weighted by atomic mass is 19.4. The average molecular weight is 572 g/mol. The number of nitrogens with two attached hydrogens (primary N) is 1. The molecule has 0 heterocycles. The summed E-state index contributed by atoms with van der Waals surface area (Å²) in [5, 5.41) is 12.0. The number of carbonyl (C=O) groups excluding carboxylic acids is 2. The molecule has 1 amide bonds. The number of alkyl halides is 3. The maximum atomic E-state index is 14.7. The zero-order valence-corrected chi connectivity index (χ0v) is 22.5. The van der Waals surface area contributed by atoms with Gasteiger partial charge < -0.3 is 31.2 Å². The van der Waals surface area contributed by atoms with Crippen molar-refractivity contribution in [3.8, 4) is 0 Å². The Morgan fingerprint density at radius 1 is 0.875 bits per heavy atom. The molecule has 0 aliphatic carbocycles.